The minimum absolute atomic E-state index is 0.0921. The van der Waals surface area contributed by atoms with Crippen molar-refractivity contribution in [3.63, 3.8) is 0 Å². The standard InChI is InChI=1S/C17H22BrNO/c1-17(2,11-20)10-19-9-15(12-4-3-5-12)14-7-6-13(18)8-16(14)19/h6-9,12,20H,3-5,10-11H2,1-2H3. The Hall–Kier alpha value is -0.800. The van der Waals surface area contributed by atoms with Crippen molar-refractivity contribution >= 4 is 26.8 Å². The number of fused-ring (bicyclic) bond motifs is 1. The smallest absolute Gasteiger partial charge is 0.0499 e. The lowest BCUT2D eigenvalue weighted by Gasteiger charge is -2.25. The monoisotopic (exact) mass is 335 g/mol. The molecule has 0 saturated heterocycles. The number of halogens is 1. The molecular weight excluding hydrogens is 314 g/mol. The molecule has 1 aromatic carbocycles. The van der Waals surface area contributed by atoms with Gasteiger partial charge in [-0.1, -0.05) is 42.3 Å². The van der Waals surface area contributed by atoms with E-state index in [4.69, 9.17) is 0 Å². The summed E-state index contributed by atoms with van der Waals surface area (Å²) >= 11 is 3.58. The van der Waals surface area contributed by atoms with Crippen LogP contribution >= 0.6 is 15.9 Å². The number of aliphatic hydroxyl groups is 1. The molecule has 0 atom stereocenters. The summed E-state index contributed by atoms with van der Waals surface area (Å²) in [6, 6.07) is 6.56. The van der Waals surface area contributed by atoms with E-state index in [-0.39, 0.29) is 12.0 Å². The van der Waals surface area contributed by atoms with E-state index in [1.54, 1.807) is 0 Å². The highest BCUT2D eigenvalue weighted by atomic mass is 79.9. The van der Waals surface area contributed by atoms with E-state index in [0.717, 1.165) is 16.9 Å². The summed E-state index contributed by atoms with van der Waals surface area (Å²) in [7, 11) is 0. The van der Waals surface area contributed by atoms with Gasteiger partial charge in [-0.3, -0.25) is 0 Å². The molecule has 1 fully saturated rings. The predicted octanol–water partition coefficient (Wildman–Crippen LogP) is 4.69. The third kappa shape index (κ3) is 2.53. The molecule has 1 saturated carbocycles. The summed E-state index contributed by atoms with van der Waals surface area (Å²) in [6.45, 7) is 5.28. The second-order valence-electron chi connectivity index (χ2n) is 6.82. The fourth-order valence-corrected chi connectivity index (χ4v) is 3.33. The maximum Gasteiger partial charge on any atom is 0.0499 e. The molecule has 2 nitrogen and oxygen atoms in total. The number of benzene rings is 1. The van der Waals surface area contributed by atoms with Gasteiger partial charge in [0, 0.05) is 40.1 Å². The molecule has 0 radical (unpaired) electrons. The summed E-state index contributed by atoms with van der Waals surface area (Å²) in [5, 5.41) is 10.9. The van der Waals surface area contributed by atoms with Crippen LogP contribution in [0.15, 0.2) is 28.9 Å². The number of rotatable bonds is 4. The lowest BCUT2D eigenvalue weighted by molar-refractivity contribution is 0.142. The predicted molar refractivity (Wildman–Crippen MR) is 87.1 cm³/mol. The van der Waals surface area contributed by atoms with Crippen molar-refractivity contribution in [3.05, 3.63) is 34.4 Å². The molecule has 3 heteroatoms. The van der Waals surface area contributed by atoms with E-state index < -0.39 is 0 Å². The van der Waals surface area contributed by atoms with Crippen LogP contribution in [0.25, 0.3) is 10.9 Å². The van der Waals surface area contributed by atoms with Crippen molar-refractivity contribution in [3.8, 4) is 0 Å². The summed E-state index contributed by atoms with van der Waals surface area (Å²) in [6.07, 6.45) is 6.31. The average molecular weight is 336 g/mol. The second-order valence-corrected chi connectivity index (χ2v) is 7.74. The molecule has 0 spiro atoms. The molecule has 108 valence electrons. The van der Waals surface area contributed by atoms with Gasteiger partial charge in [0.1, 0.15) is 0 Å². The Labute approximate surface area is 128 Å². The fourth-order valence-electron chi connectivity index (χ4n) is 2.98. The highest BCUT2D eigenvalue weighted by molar-refractivity contribution is 9.10. The quantitative estimate of drug-likeness (QED) is 0.861. The number of aromatic nitrogens is 1. The minimum atomic E-state index is -0.0921. The fraction of sp³-hybridized carbons (Fsp3) is 0.529. The molecule has 1 aliphatic carbocycles. The maximum absolute atomic E-state index is 9.53. The summed E-state index contributed by atoms with van der Waals surface area (Å²) < 4.78 is 3.44. The molecule has 0 bridgehead atoms. The van der Waals surface area contributed by atoms with E-state index in [2.05, 4.69) is 58.7 Å². The Morgan fingerprint density at radius 3 is 2.70 bits per heavy atom. The molecule has 2 aromatic rings. The van der Waals surface area contributed by atoms with Crippen LogP contribution in [-0.2, 0) is 6.54 Å². The zero-order chi connectivity index (χ0) is 14.3. The molecule has 3 rings (SSSR count). The number of nitrogens with zero attached hydrogens (tertiary/aromatic N) is 1. The van der Waals surface area contributed by atoms with E-state index in [1.807, 2.05) is 0 Å². The van der Waals surface area contributed by atoms with E-state index in [0.29, 0.717) is 0 Å². The minimum Gasteiger partial charge on any atom is -0.396 e. The zero-order valence-electron chi connectivity index (χ0n) is 12.2. The van der Waals surface area contributed by atoms with E-state index in [9.17, 15) is 5.11 Å². The van der Waals surface area contributed by atoms with Gasteiger partial charge in [0.05, 0.1) is 0 Å². The summed E-state index contributed by atoms with van der Waals surface area (Å²) in [5.41, 5.74) is 2.68. The summed E-state index contributed by atoms with van der Waals surface area (Å²) in [5.74, 6) is 0.733. The third-order valence-corrected chi connectivity index (χ3v) is 4.94. The first-order valence-corrected chi connectivity index (χ1v) is 8.19. The molecule has 1 heterocycles. The van der Waals surface area contributed by atoms with Gasteiger partial charge in [-0.2, -0.15) is 0 Å². The Balaban J connectivity index is 2.08. The van der Waals surface area contributed by atoms with Crippen molar-refractivity contribution in [1.29, 1.82) is 0 Å². The Morgan fingerprint density at radius 1 is 1.35 bits per heavy atom. The van der Waals surface area contributed by atoms with Crippen LogP contribution in [0.5, 0.6) is 0 Å². The molecule has 20 heavy (non-hydrogen) atoms. The van der Waals surface area contributed by atoms with Gasteiger partial charge in [-0.25, -0.2) is 0 Å². The van der Waals surface area contributed by atoms with E-state index >= 15 is 0 Å². The van der Waals surface area contributed by atoms with Crippen molar-refractivity contribution < 1.29 is 5.11 Å². The third-order valence-electron chi connectivity index (χ3n) is 4.45. The largest absolute Gasteiger partial charge is 0.396 e. The average Bonchev–Trinajstić information content (AvgIpc) is 2.65. The van der Waals surface area contributed by atoms with Crippen LogP contribution in [0.4, 0.5) is 0 Å². The lowest BCUT2D eigenvalue weighted by atomic mass is 9.80. The van der Waals surface area contributed by atoms with Crippen molar-refractivity contribution in [2.24, 2.45) is 5.41 Å². The number of hydrogen-bond acceptors (Lipinski definition) is 1. The van der Waals surface area contributed by atoms with Gasteiger partial charge in [-0.15, -0.1) is 0 Å². The van der Waals surface area contributed by atoms with Crippen LogP contribution in [0.3, 0.4) is 0 Å². The lowest BCUT2D eigenvalue weighted by Crippen LogP contribution is -2.23. The Morgan fingerprint density at radius 2 is 2.10 bits per heavy atom. The van der Waals surface area contributed by atoms with Gasteiger partial charge in [-0.05, 0) is 36.5 Å². The molecule has 0 aliphatic heterocycles. The molecule has 1 aromatic heterocycles. The van der Waals surface area contributed by atoms with Crippen molar-refractivity contribution in [2.75, 3.05) is 6.61 Å². The molecule has 0 unspecified atom stereocenters. The molecule has 1 aliphatic rings. The van der Waals surface area contributed by atoms with Gasteiger partial charge in [0.15, 0.2) is 0 Å². The van der Waals surface area contributed by atoms with Gasteiger partial charge >= 0.3 is 0 Å². The normalized spacial score (nSPS) is 16.6. The van der Waals surface area contributed by atoms with Crippen LogP contribution in [0.2, 0.25) is 0 Å². The van der Waals surface area contributed by atoms with Crippen LogP contribution in [-0.4, -0.2) is 16.3 Å². The van der Waals surface area contributed by atoms with Crippen LogP contribution in [0, 0.1) is 5.41 Å². The SMILES string of the molecule is CC(C)(CO)Cn1cc(C2CCC2)c2ccc(Br)cc21. The zero-order valence-corrected chi connectivity index (χ0v) is 13.8. The Bertz CT molecular complexity index is 625. The number of hydrogen-bond donors (Lipinski definition) is 1. The van der Waals surface area contributed by atoms with Crippen molar-refractivity contribution in [2.45, 2.75) is 45.6 Å². The second kappa shape index (κ2) is 5.19. The number of aliphatic hydroxyl groups excluding tert-OH is 1. The Kier molecular flexibility index (Phi) is 3.67. The summed E-state index contributed by atoms with van der Waals surface area (Å²) in [4.78, 5) is 0. The molecule has 0 amide bonds. The van der Waals surface area contributed by atoms with Gasteiger partial charge < -0.3 is 9.67 Å². The topological polar surface area (TPSA) is 25.2 Å². The van der Waals surface area contributed by atoms with Gasteiger partial charge in [0.25, 0.3) is 0 Å². The highest BCUT2D eigenvalue weighted by Gasteiger charge is 2.25. The maximum atomic E-state index is 9.53. The van der Waals surface area contributed by atoms with Crippen molar-refractivity contribution in [1.82, 2.24) is 4.57 Å². The first kappa shape index (κ1) is 14.2. The van der Waals surface area contributed by atoms with Crippen LogP contribution in [0.1, 0.15) is 44.6 Å². The van der Waals surface area contributed by atoms with Gasteiger partial charge in [0.2, 0.25) is 0 Å². The highest BCUT2D eigenvalue weighted by Crippen LogP contribution is 2.41. The van der Waals surface area contributed by atoms with E-state index in [1.165, 1.54) is 35.7 Å². The van der Waals surface area contributed by atoms with Crippen LogP contribution < -0.4 is 0 Å². The first-order chi connectivity index (χ1) is 9.50. The first-order valence-electron chi connectivity index (χ1n) is 7.39. The molecule has 1 N–H and O–H groups in total. The molecular formula is C17H22BrNO.